The lowest BCUT2D eigenvalue weighted by Gasteiger charge is -2.05. The first kappa shape index (κ1) is 11.0. The van der Waals surface area contributed by atoms with Crippen molar-refractivity contribution in [2.45, 2.75) is 18.6 Å². The lowest BCUT2D eigenvalue weighted by Crippen LogP contribution is -2.17. The Bertz CT molecular complexity index is 318. The van der Waals surface area contributed by atoms with Crippen molar-refractivity contribution >= 4 is 28.3 Å². The Labute approximate surface area is 91.0 Å². The molecule has 0 aromatic heterocycles. The van der Waals surface area contributed by atoms with Crippen molar-refractivity contribution in [3.05, 3.63) is 33.8 Å². The van der Waals surface area contributed by atoms with Gasteiger partial charge in [-0.15, -0.1) is 12.4 Å². The van der Waals surface area contributed by atoms with Gasteiger partial charge in [0.2, 0.25) is 0 Å². The molecular weight excluding hydrogens is 256 g/mol. The third-order valence-electron chi connectivity index (χ3n) is 2.27. The summed E-state index contributed by atoms with van der Waals surface area (Å²) in [5, 5.41) is 0. The number of hydrogen-bond acceptors (Lipinski definition) is 1. The summed E-state index contributed by atoms with van der Waals surface area (Å²) in [6.07, 6.45) is -0.454. The fourth-order valence-corrected chi connectivity index (χ4v) is 2.02. The van der Waals surface area contributed by atoms with E-state index in [0.29, 0.717) is 6.42 Å². The van der Waals surface area contributed by atoms with Crippen molar-refractivity contribution in [2.75, 3.05) is 0 Å². The summed E-state index contributed by atoms with van der Waals surface area (Å²) >= 11 is 3.34. The zero-order chi connectivity index (χ0) is 8.72. The lowest BCUT2D eigenvalue weighted by atomic mass is 10.1. The molecule has 1 aliphatic carbocycles. The van der Waals surface area contributed by atoms with E-state index >= 15 is 0 Å². The highest BCUT2D eigenvalue weighted by Gasteiger charge is 2.29. The van der Waals surface area contributed by atoms with Crippen LogP contribution in [0.5, 0.6) is 0 Å². The van der Waals surface area contributed by atoms with Crippen molar-refractivity contribution in [1.29, 1.82) is 0 Å². The van der Waals surface area contributed by atoms with E-state index in [1.165, 1.54) is 0 Å². The maximum Gasteiger partial charge on any atom is 0.123 e. The van der Waals surface area contributed by atoms with Gasteiger partial charge in [0.05, 0.1) is 6.04 Å². The highest BCUT2D eigenvalue weighted by Crippen LogP contribution is 2.33. The van der Waals surface area contributed by atoms with Gasteiger partial charge in [0, 0.05) is 10.9 Å². The van der Waals surface area contributed by atoms with E-state index in [1.54, 1.807) is 0 Å². The Balaban J connectivity index is 0.000000845. The van der Waals surface area contributed by atoms with Gasteiger partial charge < -0.3 is 5.73 Å². The normalized spacial score (nSPS) is 25.2. The average molecular weight is 267 g/mol. The molecule has 2 atom stereocenters. The number of alkyl halides is 1. The molecular formula is C9H10BrClFN. The Morgan fingerprint density at radius 2 is 2.15 bits per heavy atom. The van der Waals surface area contributed by atoms with Crippen LogP contribution in [0.3, 0.4) is 0 Å². The van der Waals surface area contributed by atoms with E-state index in [4.69, 9.17) is 5.73 Å². The van der Waals surface area contributed by atoms with Crippen LogP contribution in [0, 0.1) is 0 Å². The molecule has 0 fully saturated rings. The monoisotopic (exact) mass is 265 g/mol. The summed E-state index contributed by atoms with van der Waals surface area (Å²) in [6.45, 7) is 0. The van der Waals surface area contributed by atoms with Gasteiger partial charge in [0.25, 0.3) is 0 Å². The molecule has 2 unspecified atom stereocenters. The van der Waals surface area contributed by atoms with Gasteiger partial charge >= 0.3 is 0 Å². The molecule has 2 rings (SSSR count). The van der Waals surface area contributed by atoms with Crippen molar-refractivity contribution in [2.24, 2.45) is 5.73 Å². The lowest BCUT2D eigenvalue weighted by molar-refractivity contribution is 0.303. The van der Waals surface area contributed by atoms with Crippen molar-refractivity contribution in [3.8, 4) is 0 Å². The van der Waals surface area contributed by atoms with Crippen LogP contribution in [0.4, 0.5) is 4.39 Å². The molecule has 0 heterocycles. The highest BCUT2D eigenvalue weighted by atomic mass is 79.9. The van der Waals surface area contributed by atoms with Gasteiger partial charge in [-0.25, -0.2) is 4.39 Å². The fourth-order valence-electron chi connectivity index (χ4n) is 1.61. The predicted molar refractivity (Wildman–Crippen MR) is 56.9 cm³/mol. The van der Waals surface area contributed by atoms with Crippen LogP contribution < -0.4 is 5.73 Å². The standard InChI is InChI=1S/C9H9BrFN.ClH/c10-6-1-2-7-5(3-6)4-8(11)9(7)12;/h1-3,8-9H,4,12H2;1H. The van der Waals surface area contributed by atoms with E-state index < -0.39 is 12.2 Å². The largest absolute Gasteiger partial charge is 0.322 e. The summed E-state index contributed by atoms with van der Waals surface area (Å²) in [5.74, 6) is 0. The minimum atomic E-state index is -0.908. The first-order chi connectivity index (χ1) is 5.68. The first-order valence-electron chi connectivity index (χ1n) is 3.86. The Morgan fingerprint density at radius 1 is 1.46 bits per heavy atom. The molecule has 4 heteroatoms. The number of rotatable bonds is 0. The van der Waals surface area contributed by atoms with Crippen molar-refractivity contribution < 1.29 is 4.39 Å². The highest BCUT2D eigenvalue weighted by molar-refractivity contribution is 9.10. The van der Waals surface area contributed by atoms with Gasteiger partial charge in [0.15, 0.2) is 0 Å². The molecule has 72 valence electrons. The van der Waals surface area contributed by atoms with E-state index in [9.17, 15) is 4.39 Å². The predicted octanol–water partition coefficient (Wildman–Crippen LogP) is 2.76. The smallest absolute Gasteiger partial charge is 0.123 e. The van der Waals surface area contributed by atoms with Crippen LogP contribution in [-0.4, -0.2) is 6.17 Å². The molecule has 13 heavy (non-hydrogen) atoms. The van der Waals surface area contributed by atoms with Crippen LogP contribution in [-0.2, 0) is 6.42 Å². The summed E-state index contributed by atoms with van der Waals surface area (Å²) in [7, 11) is 0. The maximum atomic E-state index is 13.1. The third kappa shape index (κ3) is 1.87. The second-order valence-corrected chi connectivity index (χ2v) is 4.00. The number of halogens is 3. The molecule has 1 aromatic carbocycles. The first-order valence-corrected chi connectivity index (χ1v) is 4.66. The van der Waals surface area contributed by atoms with Gasteiger partial charge in [-0.2, -0.15) is 0 Å². The number of fused-ring (bicyclic) bond motifs is 1. The Morgan fingerprint density at radius 3 is 2.85 bits per heavy atom. The van der Waals surface area contributed by atoms with Crippen molar-refractivity contribution in [1.82, 2.24) is 0 Å². The molecule has 1 aromatic rings. The molecule has 0 saturated heterocycles. The van der Waals surface area contributed by atoms with Crippen LogP contribution >= 0.6 is 28.3 Å². The van der Waals surface area contributed by atoms with Gasteiger partial charge in [-0.05, 0) is 23.3 Å². The molecule has 0 spiro atoms. The third-order valence-corrected chi connectivity index (χ3v) is 2.76. The molecule has 0 amide bonds. The molecule has 1 aliphatic rings. The molecule has 2 N–H and O–H groups in total. The quantitative estimate of drug-likeness (QED) is 0.768. The number of hydrogen-bond donors (Lipinski definition) is 1. The zero-order valence-corrected chi connectivity index (χ0v) is 9.24. The number of nitrogens with two attached hydrogens (primary N) is 1. The molecule has 0 bridgehead atoms. The second-order valence-electron chi connectivity index (χ2n) is 3.09. The van der Waals surface area contributed by atoms with Crippen LogP contribution in [0.15, 0.2) is 22.7 Å². The SMILES string of the molecule is Cl.NC1c2ccc(Br)cc2CC1F. The van der Waals surface area contributed by atoms with E-state index in [1.807, 2.05) is 18.2 Å². The summed E-state index contributed by atoms with van der Waals surface area (Å²) in [6, 6.07) is 5.31. The van der Waals surface area contributed by atoms with E-state index in [0.717, 1.165) is 15.6 Å². The minimum Gasteiger partial charge on any atom is -0.322 e. The Kier molecular flexibility index (Phi) is 3.33. The average Bonchev–Trinajstić information content (AvgIpc) is 2.28. The minimum absolute atomic E-state index is 0. The molecule has 0 saturated carbocycles. The summed E-state index contributed by atoms with van der Waals surface area (Å²) in [4.78, 5) is 0. The molecule has 0 aliphatic heterocycles. The van der Waals surface area contributed by atoms with E-state index in [2.05, 4.69) is 15.9 Å². The maximum absolute atomic E-state index is 13.1. The van der Waals surface area contributed by atoms with Crippen LogP contribution in [0.25, 0.3) is 0 Å². The fraction of sp³-hybridized carbons (Fsp3) is 0.333. The molecule has 1 nitrogen and oxygen atoms in total. The number of benzene rings is 1. The zero-order valence-electron chi connectivity index (χ0n) is 6.84. The molecule has 0 radical (unpaired) electrons. The van der Waals surface area contributed by atoms with Crippen LogP contribution in [0.2, 0.25) is 0 Å². The van der Waals surface area contributed by atoms with E-state index in [-0.39, 0.29) is 12.4 Å². The summed E-state index contributed by atoms with van der Waals surface area (Å²) < 4.78 is 14.1. The second kappa shape index (κ2) is 3.95. The van der Waals surface area contributed by atoms with Gasteiger partial charge in [-0.1, -0.05) is 22.0 Å². The van der Waals surface area contributed by atoms with Gasteiger partial charge in [0.1, 0.15) is 6.17 Å². The van der Waals surface area contributed by atoms with Gasteiger partial charge in [-0.3, -0.25) is 0 Å². The van der Waals surface area contributed by atoms with Crippen LogP contribution in [0.1, 0.15) is 17.2 Å². The topological polar surface area (TPSA) is 26.0 Å². The summed E-state index contributed by atoms with van der Waals surface area (Å²) in [5.41, 5.74) is 7.63. The van der Waals surface area contributed by atoms with Crippen molar-refractivity contribution in [3.63, 3.8) is 0 Å². The Hall–Kier alpha value is -0.120.